The summed E-state index contributed by atoms with van der Waals surface area (Å²) < 4.78 is 0. The molecule has 49 heavy (non-hydrogen) atoms. The van der Waals surface area contributed by atoms with Crippen molar-refractivity contribution in [3.8, 4) is 0 Å². The van der Waals surface area contributed by atoms with Gasteiger partial charge in [-0.25, -0.2) is 0 Å². The maximum Gasteiger partial charge on any atom is 0.0614 e. The van der Waals surface area contributed by atoms with Gasteiger partial charge in [0.25, 0.3) is 0 Å². The molecule has 1 nitrogen and oxygen atoms in total. The predicted octanol–water partition coefficient (Wildman–Crippen LogP) is 15.7. The third-order valence-corrected chi connectivity index (χ3v) is 9.26. The van der Waals surface area contributed by atoms with Gasteiger partial charge in [0.2, 0.25) is 0 Å². The van der Waals surface area contributed by atoms with Crippen molar-refractivity contribution in [2.24, 2.45) is 0 Å². The van der Waals surface area contributed by atoms with E-state index in [1.54, 1.807) is 0 Å². The Morgan fingerprint density at radius 3 is 0.816 bits per heavy atom. The number of rotatable bonds is 26. The number of aliphatic hydroxyl groups is 1. The van der Waals surface area contributed by atoms with Crippen LogP contribution in [0.15, 0.2) is 116 Å². The molecule has 0 saturated heterocycles. The summed E-state index contributed by atoms with van der Waals surface area (Å²) in [5.74, 6) is 0. The van der Waals surface area contributed by atoms with Crippen LogP contribution in [-0.4, -0.2) is 11.7 Å². The lowest BCUT2D eigenvalue weighted by molar-refractivity contribution is 0.341. The zero-order valence-electron chi connectivity index (χ0n) is 34.2. The quantitative estimate of drug-likeness (QED) is 0.0908. The van der Waals surface area contributed by atoms with Crippen LogP contribution < -0.4 is 0 Å². The second-order valence-corrected chi connectivity index (χ2v) is 15.1. The van der Waals surface area contributed by atoms with Gasteiger partial charge < -0.3 is 5.11 Å². The van der Waals surface area contributed by atoms with Crippen molar-refractivity contribution in [2.75, 3.05) is 6.61 Å². The van der Waals surface area contributed by atoms with Gasteiger partial charge in [0, 0.05) is 0 Å². The van der Waals surface area contributed by atoms with E-state index in [0.29, 0.717) is 0 Å². The molecule has 0 radical (unpaired) electrons. The Bertz CT molecular complexity index is 1220. The number of hydrogen-bond donors (Lipinski definition) is 1. The highest BCUT2D eigenvalue weighted by Gasteiger charge is 1.97. The molecule has 0 unspecified atom stereocenters. The first-order valence-electron chi connectivity index (χ1n) is 19.5. The molecule has 0 rings (SSSR count). The Morgan fingerprint density at radius 1 is 0.286 bits per heavy atom. The zero-order chi connectivity index (χ0) is 36.9. The van der Waals surface area contributed by atoms with Crippen LogP contribution in [0, 0.1) is 0 Å². The molecule has 0 bridgehead atoms. The zero-order valence-corrected chi connectivity index (χ0v) is 34.2. The van der Waals surface area contributed by atoms with E-state index in [-0.39, 0.29) is 6.61 Å². The van der Waals surface area contributed by atoms with Gasteiger partial charge in [0.1, 0.15) is 0 Å². The van der Waals surface area contributed by atoms with E-state index in [0.717, 1.165) is 83.5 Å². The number of hydrogen-bond acceptors (Lipinski definition) is 1. The van der Waals surface area contributed by atoms with E-state index in [1.165, 1.54) is 75.0 Å². The molecule has 0 aromatic rings. The first-order chi connectivity index (χ1) is 23.3. The number of allylic oxidation sites excluding steroid dienone is 19. The van der Waals surface area contributed by atoms with Crippen molar-refractivity contribution in [1.29, 1.82) is 0 Å². The molecule has 0 atom stereocenters. The lowest BCUT2D eigenvalue weighted by Gasteiger charge is -2.04. The predicted molar refractivity (Wildman–Crippen MR) is 224 cm³/mol. The first kappa shape index (κ1) is 46.4. The molecule has 1 N–H and O–H groups in total. The highest BCUT2D eigenvalue weighted by atomic mass is 16.2. The topological polar surface area (TPSA) is 20.2 Å². The van der Waals surface area contributed by atoms with Crippen molar-refractivity contribution in [2.45, 2.75) is 179 Å². The summed E-state index contributed by atoms with van der Waals surface area (Å²) in [5.41, 5.74) is 14.7. The minimum absolute atomic E-state index is 0.149. The van der Waals surface area contributed by atoms with E-state index >= 15 is 0 Å². The van der Waals surface area contributed by atoms with Crippen LogP contribution in [0.5, 0.6) is 0 Å². The largest absolute Gasteiger partial charge is 0.392 e. The van der Waals surface area contributed by atoms with Crippen LogP contribution in [-0.2, 0) is 0 Å². The van der Waals surface area contributed by atoms with Crippen LogP contribution >= 0.6 is 0 Å². The summed E-state index contributed by atoms with van der Waals surface area (Å²) in [6, 6.07) is 0. The number of aliphatic hydroxyl groups excluding tert-OH is 1. The van der Waals surface area contributed by atoms with Crippen molar-refractivity contribution >= 4 is 0 Å². The summed E-state index contributed by atoms with van der Waals surface area (Å²) in [4.78, 5) is 0. The second kappa shape index (κ2) is 30.2. The Morgan fingerprint density at radius 2 is 0.510 bits per heavy atom. The molecule has 0 aromatic carbocycles. The summed E-state index contributed by atoms with van der Waals surface area (Å²) in [6.45, 7) is 24.8. The van der Waals surface area contributed by atoms with Crippen LogP contribution in [0.3, 0.4) is 0 Å². The van der Waals surface area contributed by atoms with E-state index in [9.17, 15) is 0 Å². The summed E-state index contributed by atoms with van der Waals surface area (Å²) >= 11 is 0. The Hall–Kier alpha value is -2.64. The van der Waals surface area contributed by atoms with Crippen LogP contribution in [0.4, 0.5) is 0 Å². The summed E-state index contributed by atoms with van der Waals surface area (Å²) in [7, 11) is 0. The van der Waals surface area contributed by atoms with Gasteiger partial charge in [-0.2, -0.15) is 0 Å². The summed E-state index contributed by atoms with van der Waals surface area (Å²) in [5, 5.41) is 8.97. The maximum absolute atomic E-state index is 8.97. The molecule has 276 valence electrons. The molecule has 0 heterocycles. The van der Waals surface area contributed by atoms with Crippen LogP contribution in [0.25, 0.3) is 0 Å². The van der Waals surface area contributed by atoms with Crippen LogP contribution in [0.1, 0.15) is 179 Å². The minimum atomic E-state index is 0.149. The molecule has 0 amide bonds. The van der Waals surface area contributed by atoms with Crippen LogP contribution in [0.2, 0.25) is 0 Å². The highest BCUT2D eigenvalue weighted by Crippen LogP contribution is 2.17. The van der Waals surface area contributed by atoms with E-state index in [1.807, 2.05) is 6.08 Å². The SMILES string of the molecule is CC(C)=CCC/C(C)=C/C/C(C)=C/C/C(C)=C/CC/C(C)=C\CC/C(C)=C\CC/C(C)=C\CC/C(C)=C\CC/C(C)=C\CC/C(C)=C\CO. The molecule has 0 aliphatic rings. The lowest BCUT2D eigenvalue weighted by atomic mass is 10.0. The molecular weight excluding hydrogens is 593 g/mol. The van der Waals surface area contributed by atoms with E-state index < -0.39 is 0 Å². The van der Waals surface area contributed by atoms with Gasteiger partial charge >= 0.3 is 0 Å². The molecule has 0 fully saturated rings. The monoisotopic (exact) mass is 671 g/mol. The van der Waals surface area contributed by atoms with Crippen molar-refractivity contribution in [3.05, 3.63) is 116 Å². The Kier molecular flexibility index (Phi) is 28.6. The van der Waals surface area contributed by atoms with Gasteiger partial charge in [-0.05, 0) is 179 Å². The van der Waals surface area contributed by atoms with Crippen molar-refractivity contribution in [3.63, 3.8) is 0 Å². The van der Waals surface area contributed by atoms with Gasteiger partial charge in [0.05, 0.1) is 6.61 Å². The molecule has 0 saturated carbocycles. The molecule has 0 aromatic heterocycles. The summed E-state index contributed by atoms with van der Waals surface area (Å²) in [6.07, 6.45) is 41.7. The Labute approximate surface area is 306 Å². The van der Waals surface area contributed by atoms with E-state index in [2.05, 4.69) is 131 Å². The van der Waals surface area contributed by atoms with Gasteiger partial charge in [-0.3, -0.25) is 0 Å². The highest BCUT2D eigenvalue weighted by molar-refractivity contribution is 5.15. The average molecular weight is 671 g/mol. The molecule has 0 aliphatic heterocycles. The lowest BCUT2D eigenvalue weighted by Crippen LogP contribution is -1.84. The molecule has 1 heteroatoms. The maximum atomic E-state index is 8.97. The standard InChI is InChI=1S/C48H78O/c1-39(2)19-12-20-45(8)33-35-48(11)36-34-46(9)31-17-29-43(6)27-15-25-41(4)23-13-21-40(3)22-14-24-42(5)26-16-28-44(7)30-18-32-47(10)37-38-49/h19,22-23,26-27,30-31,33,36-37,49H,12-18,20-21,24-25,28-29,32,34-35,38H2,1-11H3/b40-22-,41-23-,42-26-,43-27-,44-30-,45-33+,46-31+,47-37-,48-36+. The first-order valence-corrected chi connectivity index (χ1v) is 19.5. The van der Waals surface area contributed by atoms with Crippen molar-refractivity contribution in [1.82, 2.24) is 0 Å². The third kappa shape index (κ3) is 31.1. The van der Waals surface area contributed by atoms with Gasteiger partial charge in [-0.15, -0.1) is 0 Å². The molecular formula is C48H78O. The Balaban J connectivity index is 4.30. The second-order valence-electron chi connectivity index (χ2n) is 15.1. The fourth-order valence-electron chi connectivity index (χ4n) is 5.57. The van der Waals surface area contributed by atoms with Crippen molar-refractivity contribution < 1.29 is 5.11 Å². The smallest absolute Gasteiger partial charge is 0.0614 e. The molecule has 0 spiro atoms. The normalized spacial score (nSPS) is 15.0. The fraction of sp³-hybridized carbons (Fsp3) is 0.583. The average Bonchev–Trinajstić information content (AvgIpc) is 3.02. The van der Waals surface area contributed by atoms with E-state index in [4.69, 9.17) is 5.11 Å². The third-order valence-electron chi connectivity index (χ3n) is 9.26. The van der Waals surface area contributed by atoms with Gasteiger partial charge in [0.15, 0.2) is 0 Å². The van der Waals surface area contributed by atoms with Gasteiger partial charge in [-0.1, -0.05) is 116 Å². The fourth-order valence-corrected chi connectivity index (χ4v) is 5.57. The molecule has 0 aliphatic carbocycles. The minimum Gasteiger partial charge on any atom is -0.392 e.